The molecule has 0 radical (unpaired) electrons. The van der Waals surface area contributed by atoms with Crippen molar-refractivity contribution in [1.29, 1.82) is 0 Å². The summed E-state index contributed by atoms with van der Waals surface area (Å²) in [5.41, 5.74) is -1.32. The van der Waals surface area contributed by atoms with Crippen LogP contribution in [0.1, 0.15) is 51.5 Å². The van der Waals surface area contributed by atoms with Crippen LogP contribution in [0.25, 0.3) is 0 Å². The van der Waals surface area contributed by atoms with Gasteiger partial charge in [0.1, 0.15) is 11.7 Å². The molecule has 2 bridgehead atoms. The summed E-state index contributed by atoms with van der Waals surface area (Å²) in [5.74, 6) is -2.97. The van der Waals surface area contributed by atoms with E-state index in [0.29, 0.717) is 30.7 Å². The van der Waals surface area contributed by atoms with Gasteiger partial charge in [-0.2, -0.15) is 4.31 Å². The van der Waals surface area contributed by atoms with Crippen molar-refractivity contribution in [3.05, 3.63) is 64.9 Å². The van der Waals surface area contributed by atoms with Crippen molar-refractivity contribution < 1.29 is 26.4 Å². The van der Waals surface area contributed by atoms with E-state index in [1.807, 2.05) is 13.8 Å². The van der Waals surface area contributed by atoms with Crippen LogP contribution in [0.2, 0.25) is 5.02 Å². The number of carbonyl (C=O) groups excluding carboxylic acids is 1. The van der Waals surface area contributed by atoms with E-state index in [1.165, 1.54) is 21.3 Å². The number of piperidine rings is 1. The molecule has 1 N–H and O–H groups in total. The van der Waals surface area contributed by atoms with E-state index in [2.05, 4.69) is 5.32 Å². The number of amides is 1. The van der Waals surface area contributed by atoms with E-state index < -0.39 is 44.3 Å². The summed E-state index contributed by atoms with van der Waals surface area (Å²) in [4.78, 5) is 19.8. The highest BCUT2D eigenvalue weighted by molar-refractivity contribution is 7.89. The van der Waals surface area contributed by atoms with Crippen LogP contribution >= 0.6 is 11.6 Å². The molecular weight excluding hydrogens is 577 g/mol. The topological polar surface area (TPSA) is 82.1 Å². The predicted molar refractivity (Wildman–Crippen MR) is 149 cm³/mol. The zero-order valence-electron chi connectivity index (χ0n) is 22.8. The van der Waals surface area contributed by atoms with Gasteiger partial charge in [0.15, 0.2) is 6.04 Å². The minimum absolute atomic E-state index is 0.00484. The summed E-state index contributed by atoms with van der Waals surface area (Å²) < 4.78 is 70.9. The Bertz CT molecular complexity index is 1500. The summed E-state index contributed by atoms with van der Waals surface area (Å²) >= 11 is 5.86. The van der Waals surface area contributed by atoms with E-state index >= 15 is 0 Å². The maximum Gasteiger partial charge on any atom is 0.251 e. The lowest BCUT2D eigenvalue weighted by atomic mass is 9.38. The highest BCUT2D eigenvalue weighted by Crippen LogP contribution is 2.71. The molecule has 5 aliphatic rings. The fourth-order valence-corrected chi connectivity index (χ4v) is 8.73. The molecule has 2 aromatic carbocycles. The number of hydrogen-bond donors (Lipinski definition) is 1. The van der Waals surface area contributed by atoms with Crippen LogP contribution in [0, 0.1) is 11.2 Å². The summed E-state index contributed by atoms with van der Waals surface area (Å²) in [7, 11) is -3.93. The van der Waals surface area contributed by atoms with Gasteiger partial charge in [-0.25, -0.2) is 21.6 Å². The molecule has 1 saturated heterocycles. The lowest BCUT2D eigenvalue weighted by molar-refractivity contribution is -0.151. The molecule has 0 aromatic heterocycles. The molecule has 1 amide bonds. The second-order valence-corrected chi connectivity index (χ2v) is 14.8. The molecule has 41 heavy (non-hydrogen) atoms. The van der Waals surface area contributed by atoms with Gasteiger partial charge in [-0.1, -0.05) is 35.9 Å². The molecule has 1 atom stereocenters. The Morgan fingerprint density at radius 2 is 1.73 bits per heavy atom. The van der Waals surface area contributed by atoms with Crippen LogP contribution < -0.4 is 5.32 Å². The lowest BCUT2D eigenvalue weighted by Gasteiger charge is -2.73. The normalized spacial score (nSPS) is 29.8. The standard InChI is InChI=1S/C29H32ClF3N4O3S/c1-26(2)23(24(38)36-12-10-29(32,33)11-13-36)34-25(35-26)27-16-28(17-27,18-27)37(15-19-8-9-21(30)22(31)14-19)41(39,40)20-6-4-3-5-7-20/h3-9,14,23H,10-13,15-18H2,1-2H3,(H,34,35)/t23-,27?,28?/m0/s1. The first-order valence-corrected chi connectivity index (χ1v) is 15.5. The highest BCUT2D eigenvalue weighted by Gasteiger charge is 2.75. The Morgan fingerprint density at radius 1 is 1.10 bits per heavy atom. The second-order valence-electron chi connectivity index (χ2n) is 12.5. The van der Waals surface area contributed by atoms with Gasteiger partial charge in [0, 0.05) is 43.4 Å². The average molecular weight is 609 g/mol. The Balaban J connectivity index is 1.24. The first kappa shape index (κ1) is 28.5. The number of halogens is 4. The molecule has 12 heteroatoms. The number of likely N-dealkylation sites (tertiary alicyclic amines) is 1. The molecule has 0 unspecified atom stereocenters. The third-order valence-electron chi connectivity index (χ3n) is 9.10. The highest BCUT2D eigenvalue weighted by atomic mass is 35.5. The molecule has 2 aromatic rings. The minimum Gasteiger partial charge on any atom is -0.366 e. The van der Waals surface area contributed by atoms with E-state index in [9.17, 15) is 26.4 Å². The van der Waals surface area contributed by atoms with Gasteiger partial charge in [0.25, 0.3) is 5.92 Å². The van der Waals surface area contributed by atoms with Crippen molar-refractivity contribution in [3.8, 4) is 0 Å². The molecule has 2 aliphatic heterocycles. The fourth-order valence-electron chi connectivity index (χ4n) is 6.84. The quantitative estimate of drug-likeness (QED) is 0.480. The van der Waals surface area contributed by atoms with Crippen LogP contribution in [-0.4, -0.2) is 65.5 Å². The Morgan fingerprint density at radius 3 is 2.34 bits per heavy atom. The Kier molecular flexibility index (Phi) is 6.56. The summed E-state index contributed by atoms with van der Waals surface area (Å²) in [5, 5.41) is 3.37. The van der Waals surface area contributed by atoms with Crippen molar-refractivity contribution in [2.24, 2.45) is 10.4 Å². The summed E-state index contributed by atoms with van der Waals surface area (Å²) in [6.07, 6.45) is 0.792. The summed E-state index contributed by atoms with van der Waals surface area (Å²) in [6.45, 7) is 3.71. The van der Waals surface area contributed by atoms with Gasteiger partial charge >= 0.3 is 0 Å². The molecule has 3 aliphatic carbocycles. The van der Waals surface area contributed by atoms with Gasteiger partial charge in [-0.05, 0) is 62.9 Å². The van der Waals surface area contributed by atoms with Gasteiger partial charge in [-0.15, -0.1) is 0 Å². The average Bonchev–Trinajstić information content (AvgIpc) is 3.18. The number of rotatable bonds is 7. The van der Waals surface area contributed by atoms with Gasteiger partial charge < -0.3 is 10.2 Å². The second kappa shape index (κ2) is 9.44. The smallest absolute Gasteiger partial charge is 0.251 e. The van der Waals surface area contributed by atoms with Crippen LogP contribution in [-0.2, 0) is 21.4 Å². The molecule has 2 heterocycles. The fraction of sp³-hybridized carbons (Fsp3) is 0.517. The SMILES string of the molecule is CC1(C)NC(C23CC(N(Cc4ccc(Cl)c(F)c4)S(=O)(=O)c4ccccc4)(C2)C3)=N[C@H]1C(=O)N1CCC(F)(F)CC1. The molecule has 0 spiro atoms. The van der Waals surface area contributed by atoms with Crippen LogP contribution in [0.15, 0.2) is 58.4 Å². The van der Waals surface area contributed by atoms with Crippen LogP contribution in [0.4, 0.5) is 13.2 Å². The van der Waals surface area contributed by atoms with Gasteiger partial charge in [0.05, 0.1) is 15.5 Å². The van der Waals surface area contributed by atoms with Crippen molar-refractivity contribution in [2.75, 3.05) is 13.1 Å². The summed E-state index contributed by atoms with van der Waals surface area (Å²) in [6, 6.07) is 11.7. The van der Waals surface area contributed by atoms with Crippen molar-refractivity contribution >= 4 is 33.4 Å². The number of amidine groups is 1. The van der Waals surface area contributed by atoms with E-state index in [4.69, 9.17) is 16.6 Å². The zero-order chi connectivity index (χ0) is 29.4. The number of nitrogens with zero attached hydrogens (tertiary/aromatic N) is 3. The maximum absolute atomic E-state index is 14.3. The third kappa shape index (κ3) is 4.73. The number of sulfonamides is 1. The monoisotopic (exact) mass is 608 g/mol. The molecule has 7 rings (SSSR count). The number of aliphatic imine (C=N–C) groups is 1. The van der Waals surface area contributed by atoms with E-state index in [0.717, 1.165) is 0 Å². The zero-order valence-corrected chi connectivity index (χ0v) is 24.4. The number of nitrogens with one attached hydrogen (secondary N) is 1. The van der Waals surface area contributed by atoms with Crippen molar-refractivity contribution in [2.45, 2.75) is 80.4 Å². The Hall–Kier alpha value is -2.63. The maximum atomic E-state index is 14.3. The molecular formula is C29H32ClF3N4O3S. The van der Waals surface area contributed by atoms with Crippen molar-refractivity contribution in [1.82, 2.24) is 14.5 Å². The third-order valence-corrected chi connectivity index (χ3v) is 11.4. The number of benzene rings is 2. The van der Waals surface area contributed by atoms with E-state index in [1.54, 1.807) is 36.4 Å². The largest absolute Gasteiger partial charge is 0.366 e. The molecule has 220 valence electrons. The molecule has 4 fully saturated rings. The van der Waals surface area contributed by atoms with Crippen LogP contribution in [0.5, 0.6) is 0 Å². The minimum atomic E-state index is -3.93. The van der Waals surface area contributed by atoms with Crippen LogP contribution in [0.3, 0.4) is 0 Å². The lowest BCUT2D eigenvalue weighted by Crippen LogP contribution is -2.78. The number of carbonyl (C=O) groups is 1. The molecule has 7 nitrogen and oxygen atoms in total. The first-order chi connectivity index (χ1) is 19.2. The van der Waals surface area contributed by atoms with Crippen molar-refractivity contribution in [3.63, 3.8) is 0 Å². The number of hydrogen-bond acceptors (Lipinski definition) is 5. The van der Waals surface area contributed by atoms with E-state index in [-0.39, 0.29) is 48.3 Å². The Labute approximate surface area is 242 Å². The predicted octanol–water partition coefficient (Wildman–Crippen LogP) is 5.00. The number of alkyl halides is 2. The van der Waals surface area contributed by atoms with Gasteiger partial charge in [0.2, 0.25) is 15.9 Å². The van der Waals surface area contributed by atoms with Gasteiger partial charge in [-0.3, -0.25) is 9.79 Å². The molecule has 3 saturated carbocycles. The first-order valence-electron chi connectivity index (χ1n) is 13.7.